The van der Waals surface area contributed by atoms with Crippen LogP contribution in [-0.4, -0.2) is 26.8 Å². The number of rotatable bonds is 3. The minimum atomic E-state index is -3.17. The van der Waals surface area contributed by atoms with Crippen LogP contribution in [0.15, 0.2) is 23.1 Å². The fraction of sp³-hybridized carbons (Fsp3) is 0.571. The van der Waals surface area contributed by atoms with Crippen LogP contribution in [0.5, 0.6) is 0 Å². The Kier molecular flexibility index (Phi) is 3.78. The first-order valence-electron chi connectivity index (χ1n) is 6.43. The summed E-state index contributed by atoms with van der Waals surface area (Å²) in [7, 11) is -1.27. The van der Waals surface area contributed by atoms with Gasteiger partial charge in [-0.25, -0.2) is 8.42 Å². The molecule has 0 aliphatic heterocycles. The Morgan fingerprint density at radius 2 is 1.94 bits per heavy atom. The molecule has 1 aromatic rings. The Bertz CT molecular complexity index is 537. The molecule has 0 heterocycles. The van der Waals surface area contributed by atoms with Crippen LogP contribution < -0.4 is 5.32 Å². The SMILES string of the molecule is CNC1CCC(S(=O)(=O)c2cc(C)ccc2C)C1. The van der Waals surface area contributed by atoms with Crippen LogP contribution in [0.4, 0.5) is 0 Å². The minimum absolute atomic E-state index is 0.226. The highest BCUT2D eigenvalue weighted by Gasteiger charge is 2.35. The minimum Gasteiger partial charge on any atom is -0.317 e. The number of aryl methyl sites for hydroxylation is 2. The maximum Gasteiger partial charge on any atom is 0.181 e. The first-order valence-corrected chi connectivity index (χ1v) is 7.98. The zero-order valence-electron chi connectivity index (χ0n) is 11.2. The number of benzene rings is 1. The average molecular weight is 267 g/mol. The van der Waals surface area contributed by atoms with E-state index in [0.29, 0.717) is 10.9 Å². The molecule has 1 saturated carbocycles. The van der Waals surface area contributed by atoms with E-state index in [1.807, 2.05) is 33.0 Å². The number of nitrogens with one attached hydrogen (secondary N) is 1. The highest BCUT2D eigenvalue weighted by molar-refractivity contribution is 7.92. The van der Waals surface area contributed by atoms with E-state index in [0.717, 1.165) is 30.4 Å². The molecule has 0 spiro atoms. The van der Waals surface area contributed by atoms with Crippen molar-refractivity contribution in [3.05, 3.63) is 29.3 Å². The summed E-state index contributed by atoms with van der Waals surface area (Å²) in [6, 6.07) is 6.00. The molecule has 4 heteroatoms. The monoisotopic (exact) mass is 267 g/mol. The predicted octanol–water partition coefficient (Wildman–Crippen LogP) is 2.22. The van der Waals surface area contributed by atoms with E-state index in [9.17, 15) is 8.42 Å². The number of hydrogen-bond acceptors (Lipinski definition) is 3. The quantitative estimate of drug-likeness (QED) is 0.913. The molecular formula is C14H21NO2S. The van der Waals surface area contributed by atoms with E-state index in [4.69, 9.17) is 0 Å². The van der Waals surface area contributed by atoms with Crippen LogP contribution in [0.3, 0.4) is 0 Å². The first-order chi connectivity index (χ1) is 8.45. The summed E-state index contributed by atoms with van der Waals surface area (Å²) in [5.41, 5.74) is 1.86. The van der Waals surface area contributed by atoms with Crippen LogP contribution in [0.2, 0.25) is 0 Å². The van der Waals surface area contributed by atoms with Crippen LogP contribution in [0.25, 0.3) is 0 Å². The maximum absolute atomic E-state index is 12.6. The van der Waals surface area contributed by atoms with Crippen molar-refractivity contribution in [3.8, 4) is 0 Å². The second-order valence-corrected chi connectivity index (χ2v) is 7.43. The molecule has 1 fully saturated rings. The van der Waals surface area contributed by atoms with Gasteiger partial charge in [-0.2, -0.15) is 0 Å². The van der Waals surface area contributed by atoms with Crippen molar-refractivity contribution in [2.45, 2.75) is 49.3 Å². The van der Waals surface area contributed by atoms with Gasteiger partial charge in [0.15, 0.2) is 9.84 Å². The Morgan fingerprint density at radius 1 is 1.22 bits per heavy atom. The summed E-state index contributed by atoms with van der Waals surface area (Å²) in [5, 5.41) is 2.95. The molecule has 2 atom stereocenters. The second kappa shape index (κ2) is 5.02. The summed E-state index contributed by atoms with van der Waals surface area (Å²) >= 11 is 0. The maximum atomic E-state index is 12.6. The fourth-order valence-electron chi connectivity index (χ4n) is 2.68. The van der Waals surface area contributed by atoms with Crippen molar-refractivity contribution in [3.63, 3.8) is 0 Å². The summed E-state index contributed by atoms with van der Waals surface area (Å²) in [5.74, 6) is 0. The highest BCUT2D eigenvalue weighted by atomic mass is 32.2. The Morgan fingerprint density at radius 3 is 2.56 bits per heavy atom. The molecule has 0 aromatic heterocycles. The van der Waals surface area contributed by atoms with Gasteiger partial charge in [0.05, 0.1) is 10.1 Å². The molecule has 1 N–H and O–H groups in total. The van der Waals surface area contributed by atoms with Gasteiger partial charge in [-0.3, -0.25) is 0 Å². The van der Waals surface area contributed by atoms with E-state index < -0.39 is 9.84 Å². The lowest BCUT2D eigenvalue weighted by atomic mass is 10.2. The average Bonchev–Trinajstić information content (AvgIpc) is 2.81. The Labute approximate surface area is 110 Å². The molecule has 0 radical (unpaired) electrons. The van der Waals surface area contributed by atoms with Crippen LogP contribution in [0.1, 0.15) is 30.4 Å². The van der Waals surface area contributed by atoms with Crippen molar-refractivity contribution < 1.29 is 8.42 Å². The number of sulfone groups is 1. The third-order valence-corrected chi connectivity index (χ3v) is 6.24. The molecule has 2 unspecified atom stereocenters. The third kappa shape index (κ3) is 2.45. The molecule has 0 saturated heterocycles. The van der Waals surface area contributed by atoms with Crippen molar-refractivity contribution in [2.24, 2.45) is 0 Å². The normalized spacial score (nSPS) is 24.4. The van der Waals surface area contributed by atoms with Gasteiger partial charge >= 0.3 is 0 Å². The molecule has 0 bridgehead atoms. The molecular weight excluding hydrogens is 246 g/mol. The lowest BCUT2D eigenvalue weighted by Gasteiger charge is -2.15. The van der Waals surface area contributed by atoms with Gasteiger partial charge in [0.25, 0.3) is 0 Å². The molecule has 2 rings (SSSR count). The second-order valence-electron chi connectivity index (χ2n) is 5.23. The van der Waals surface area contributed by atoms with E-state index in [1.54, 1.807) is 6.07 Å². The Hall–Kier alpha value is -0.870. The zero-order chi connectivity index (χ0) is 13.3. The van der Waals surface area contributed by atoms with E-state index in [2.05, 4.69) is 5.32 Å². The van der Waals surface area contributed by atoms with Crippen molar-refractivity contribution >= 4 is 9.84 Å². The summed E-state index contributed by atoms with van der Waals surface area (Å²) in [6.45, 7) is 3.81. The highest BCUT2D eigenvalue weighted by Crippen LogP contribution is 2.31. The van der Waals surface area contributed by atoms with E-state index in [1.165, 1.54) is 0 Å². The van der Waals surface area contributed by atoms with Crippen molar-refractivity contribution in [1.29, 1.82) is 0 Å². The topological polar surface area (TPSA) is 46.2 Å². The van der Waals surface area contributed by atoms with Crippen LogP contribution >= 0.6 is 0 Å². The van der Waals surface area contributed by atoms with Gasteiger partial charge in [0.1, 0.15) is 0 Å². The Balaban J connectivity index is 2.34. The molecule has 0 amide bonds. The molecule has 18 heavy (non-hydrogen) atoms. The summed E-state index contributed by atoms with van der Waals surface area (Å²) < 4.78 is 25.3. The first kappa shape index (κ1) is 13.6. The smallest absolute Gasteiger partial charge is 0.181 e. The van der Waals surface area contributed by atoms with Gasteiger partial charge < -0.3 is 5.32 Å². The standard InChI is InChI=1S/C14H21NO2S/c1-10-4-5-11(2)14(8-10)18(16,17)13-7-6-12(9-13)15-3/h4-5,8,12-13,15H,6-7,9H2,1-3H3. The molecule has 3 nitrogen and oxygen atoms in total. The molecule has 1 aliphatic rings. The molecule has 1 aliphatic carbocycles. The van der Waals surface area contributed by atoms with Crippen molar-refractivity contribution in [1.82, 2.24) is 5.32 Å². The van der Waals surface area contributed by atoms with Crippen LogP contribution in [-0.2, 0) is 9.84 Å². The molecule has 1 aromatic carbocycles. The van der Waals surface area contributed by atoms with Crippen LogP contribution in [0, 0.1) is 13.8 Å². The summed E-state index contributed by atoms with van der Waals surface area (Å²) in [6.07, 6.45) is 2.44. The largest absolute Gasteiger partial charge is 0.317 e. The number of hydrogen-bond donors (Lipinski definition) is 1. The predicted molar refractivity (Wildman–Crippen MR) is 73.6 cm³/mol. The van der Waals surface area contributed by atoms with Gasteiger partial charge in [-0.05, 0) is 57.4 Å². The fourth-order valence-corrected chi connectivity index (χ4v) is 4.84. The summed E-state index contributed by atoms with van der Waals surface area (Å²) in [4.78, 5) is 0.518. The van der Waals surface area contributed by atoms with Gasteiger partial charge in [0, 0.05) is 6.04 Å². The lowest BCUT2D eigenvalue weighted by Crippen LogP contribution is -2.25. The van der Waals surface area contributed by atoms with Gasteiger partial charge in [-0.1, -0.05) is 12.1 Å². The zero-order valence-corrected chi connectivity index (χ0v) is 12.0. The van der Waals surface area contributed by atoms with Gasteiger partial charge in [0.2, 0.25) is 0 Å². The lowest BCUT2D eigenvalue weighted by molar-refractivity contribution is 0.564. The van der Waals surface area contributed by atoms with E-state index in [-0.39, 0.29) is 5.25 Å². The van der Waals surface area contributed by atoms with Crippen molar-refractivity contribution in [2.75, 3.05) is 7.05 Å². The molecule has 100 valence electrons. The van der Waals surface area contributed by atoms with E-state index >= 15 is 0 Å². The van der Waals surface area contributed by atoms with Gasteiger partial charge in [-0.15, -0.1) is 0 Å². The third-order valence-electron chi connectivity index (χ3n) is 3.88.